The Kier molecular flexibility index (Phi) is 7.35. The van der Waals surface area contributed by atoms with Crippen molar-refractivity contribution in [1.29, 1.82) is 5.41 Å². The average Bonchev–Trinajstić information content (AvgIpc) is 2.96. The molecule has 39 heavy (non-hydrogen) atoms. The Bertz CT molecular complexity index is 1510. The summed E-state index contributed by atoms with van der Waals surface area (Å²) in [5.41, 5.74) is 3.15. The summed E-state index contributed by atoms with van der Waals surface area (Å²) >= 11 is 6.63. The number of nitrogens with one attached hydrogen (secondary N) is 1. The van der Waals surface area contributed by atoms with Crippen molar-refractivity contribution in [2.24, 2.45) is 0 Å². The molecule has 0 radical (unpaired) electrons. The molecule has 0 amide bonds. The summed E-state index contributed by atoms with van der Waals surface area (Å²) < 4.78 is 16.6. The third-order valence-corrected chi connectivity index (χ3v) is 7.53. The maximum absolute atomic E-state index is 13.7. The zero-order valence-corrected chi connectivity index (χ0v) is 22.7. The van der Waals surface area contributed by atoms with Gasteiger partial charge in [0.05, 0.1) is 38.0 Å². The fourth-order valence-corrected chi connectivity index (χ4v) is 5.67. The molecule has 2 aliphatic rings. The lowest BCUT2D eigenvalue weighted by molar-refractivity contribution is -0.116. The number of aliphatic hydroxyl groups excluding tert-OH is 1. The highest BCUT2D eigenvalue weighted by molar-refractivity contribution is 6.34. The minimum atomic E-state index is -0.772. The van der Waals surface area contributed by atoms with Gasteiger partial charge in [-0.1, -0.05) is 35.9 Å². The van der Waals surface area contributed by atoms with Gasteiger partial charge in [-0.2, -0.15) is 0 Å². The van der Waals surface area contributed by atoms with E-state index < -0.39 is 5.92 Å². The average molecular weight is 545 g/mol. The first-order valence-corrected chi connectivity index (χ1v) is 13.0. The maximum Gasteiger partial charge on any atom is 0.164 e. The molecule has 7 nitrogen and oxygen atoms in total. The smallest absolute Gasteiger partial charge is 0.164 e. The van der Waals surface area contributed by atoms with Crippen LogP contribution in [-0.2, 0) is 4.79 Å². The van der Waals surface area contributed by atoms with E-state index in [2.05, 4.69) is 0 Å². The fourth-order valence-electron chi connectivity index (χ4n) is 5.45. The highest BCUT2D eigenvalue weighted by Gasteiger charge is 2.44. The number of para-hydroxylation sites is 2. The van der Waals surface area contributed by atoms with E-state index in [-0.39, 0.29) is 23.0 Å². The molecule has 0 saturated heterocycles. The molecule has 1 atom stereocenters. The summed E-state index contributed by atoms with van der Waals surface area (Å²) in [4.78, 5) is 15.4. The van der Waals surface area contributed by atoms with E-state index in [1.54, 1.807) is 55.5 Å². The lowest BCUT2D eigenvalue weighted by Gasteiger charge is -2.42. The number of amidine groups is 1. The molecule has 3 aromatic rings. The van der Waals surface area contributed by atoms with Gasteiger partial charge in [0, 0.05) is 34.4 Å². The maximum atomic E-state index is 13.7. The van der Waals surface area contributed by atoms with Gasteiger partial charge in [-0.3, -0.25) is 15.1 Å². The van der Waals surface area contributed by atoms with E-state index in [0.29, 0.717) is 69.6 Å². The van der Waals surface area contributed by atoms with Crippen molar-refractivity contribution in [3.63, 3.8) is 0 Å². The minimum absolute atomic E-state index is 0.0275. The second kappa shape index (κ2) is 10.9. The summed E-state index contributed by atoms with van der Waals surface area (Å²) in [6.45, 7) is 0. The van der Waals surface area contributed by atoms with Crippen LogP contribution < -0.4 is 19.1 Å². The number of rotatable bonds is 6. The molecule has 5 rings (SSSR count). The van der Waals surface area contributed by atoms with Crippen LogP contribution in [0.5, 0.6) is 17.2 Å². The third kappa shape index (κ3) is 4.53. The molecule has 1 aliphatic heterocycles. The van der Waals surface area contributed by atoms with Crippen molar-refractivity contribution in [3.05, 3.63) is 99.7 Å². The molecule has 0 aromatic heterocycles. The lowest BCUT2D eigenvalue weighted by atomic mass is 9.73. The van der Waals surface area contributed by atoms with Gasteiger partial charge < -0.3 is 19.3 Å². The van der Waals surface area contributed by atoms with E-state index in [4.69, 9.17) is 25.8 Å². The van der Waals surface area contributed by atoms with Crippen LogP contribution in [0.4, 0.5) is 5.69 Å². The van der Waals surface area contributed by atoms with Crippen molar-refractivity contribution in [2.75, 3.05) is 26.2 Å². The number of nitrogens with zero attached hydrogens (tertiary/aromatic N) is 1. The molecule has 0 spiro atoms. The van der Waals surface area contributed by atoms with E-state index in [9.17, 15) is 15.3 Å². The first-order valence-electron chi connectivity index (χ1n) is 12.6. The van der Waals surface area contributed by atoms with Crippen LogP contribution in [0.3, 0.4) is 0 Å². The first kappa shape index (κ1) is 26.4. The molecule has 0 bridgehead atoms. The number of benzene rings is 3. The Hall–Kier alpha value is -4.23. The summed E-state index contributed by atoms with van der Waals surface area (Å²) in [5, 5.41) is 21.8. The fraction of sp³-hybridized carbons (Fsp3) is 0.226. The van der Waals surface area contributed by atoms with Crippen molar-refractivity contribution < 1.29 is 24.1 Å². The van der Waals surface area contributed by atoms with Crippen LogP contribution in [0.25, 0.3) is 5.76 Å². The van der Waals surface area contributed by atoms with Crippen LogP contribution in [-0.4, -0.2) is 38.1 Å². The number of anilines is 1. The number of carbonyl (C=O) groups is 1. The zero-order valence-electron chi connectivity index (χ0n) is 22.0. The normalized spacial score (nSPS) is 18.6. The Labute approximate surface area is 232 Å². The number of carbonyl (C=O) groups excluding carboxylic acids is 1. The predicted octanol–water partition coefficient (Wildman–Crippen LogP) is 6.92. The van der Waals surface area contributed by atoms with Crippen molar-refractivity contribution >= 4 is 34.7 Å². The van der Waals surface area contributed by atoms with E-state index >= 15 is 0 Å². The highest BCUT2D eigenvalue weighted by Crippen LogP contribution is 2.51. The molecule has 8 heteroatoms. The number of ether oxygens (including phenoxy) is 3. The molecule has 3 aromatic carbocycles. The molecule has 0 saturated carbocycles. The first-order chi connectivity index (χ1) is 18.9. The molecular weight excluding hydrogens is 516 g/mol. The van der Waals surface area contributed by atoms with E-state index in [1.807, 2.05) is 30.3 Å². The minimum Gasteiger partial charge on any atom is -0.507 e. The molecule has 1 aliphatic carbocycles. The van der Waals surface area contributed by atoms with Gasteiger partial charge in [-0.05, 0) is 55.3 Å². The van der Waals surface area contributed by atoms with Gasteiger partial charge in [0.25, 0.3) is 0 Å². The number of Topliss-reactive ketones (excluding diaryl/α,β-unsaturated/α-hetero) is 1. The summed E-state index contributed by atoms with van der Waals surface area (Å²) in [6.07, 6.45) is 1.59. The molecular formula is C31H29ClN2O5. The molecule has 200 valence electrons. The second-order valence-corrected chi connectivity index (χ2v) is 9.69. The molecule has 1 heterocycles. The van der Waals surface area contributed by atoms with Gasteiger partial charge in [-0.25, -0.2) is 0 Å². The summed E-state index contributed by atoms with van der Waals surface area (Å²) in [7, 11) is 4.65. The van der Waals surface area contributed by atoms with Gasteiger partial charge >= 0.3 is 0 Å². The summed E-state index contributed by atoms with van der Waals surface area (Å²) in [6, 6.07) is 19.6. The molecule has 0 fully saturated rings. The summed E-state index contributed by atoms with van der Waals surface area (Å²) in [5.74, 6) is 0.644. The topological polar surface area (TPSA) is 92.1 Å². The van der Waals surface area contributed by atoms with Crippen molar-refractivity contribution in [1.82, 2.24) is 0 Å². The van der Waals surface area contributed by atoms with Crippen LogP contribution in [0.1, 0.15) is 36.3 Å². The quantitative estimate of drug-likeness (QED) is 0.327. The van der Waals surface area contributed by atoms with Crippen LogP contribution in [0.15, 0.2) is 83.6 Å². The van der Waals surface area contributed by atoms with Gasteiger partial charge in [-0.15, -0.1) is 0 Å². The number of aliphatic hydroxyl groups is 1. The van der Waals surface area contributed by atoms with E-state index in [1.165, 1.54) is 7.11 Å². The van der Waals surface area contributed by atoms with Crippen LogP contribution in [0.2, 0.25) is 5.02 Å². The highest BCUT2D eigenvalue weighted by atomic mass is 35.5. The van der Waals surface area contributed by atoms with Crippen molar-refractivity contribution in [3.8, 4) is 17.2 Å². The van der Waals surface area contributed by atoms with Crippen LogP contribution in [0, 0.1) is 5.41 Å². The number of hydrogen-bond acceptors (Lipinski definition) is 6. The van der Waals surface area contributed by atoms with E-state index in [0.717, 1.165) is 0 Å². The lowest BCUT2D eigenvalue weighted by Crippen LogP contribution is -2.42. The SMILES string of the molecule is COc1ccc(/C(O)=C2\C(=N)N(c3ccccc3Cl)C3=C(C(=O)CCC3)C2c2cccc(OC)c2OC)cc1. The Morgan fingerprint density at radius 3 is 2.36 bits per heavy atom. The largest absolute Gasteiger partial charge is 0.507 e. The van der Waals surface area contributed by atoms with Crippen LogP contribution >= 0.6 is 11.6 Å². The molecule has 1 unspecified atom stereocenters. The number of halogens is 1. The standard InChI is InChI=1S/C31H29ClN2O5/c1-37-19-16-14-18(15-17-19)29(36)28-26(20-8-6-13-25(38-2)30(20)39-3)27-23(11-7-12-24(27)35)34(31(28)33)22-10-5-4-9-21(22)32/h4-6,8-10,13-17,26,33,36H,7,11-12H2,1-3H3/b29-28+,33-31?. The molecule has 2 N–H and O–H groups in total. The predicted molar refractivity (Wildman–Crippen MR) is 152 cm³/mol. The van der Waals surface area contributed by atoms with Gasteiger partial charge in [0.1, 0.15) is 17.3 Å². The number of ketones is 1. The Balaban J connectivity index is 1.87. The van der Waals surface area contributed by atoms with Gasteiger partial charge in [0.15, 0.2) is 17.3 Å². The Morgan fingerprint density at radius 1 is 0.949 bits per heavy atom. The van der Waals surface area contributed by atoms with Crippen molar-refractivity contribution in [2.45, 2.75) is 25.2 Å². The Morgan fingerprint density at radius 2 is 1.69 bits per heavy atom. The third-order valence-electron chi connectivity index (χ3n) is 7.21. The zero-order chi connectivity index (χ0) is 27.7. The monoisotopic (exact) mass is 544 g/mol. The number of methoxy groups -OCH3 is 3. The van der Waals surface area contributed by atoms with Gasteiger partial charge in [0.2, 0.25) is 0 Å². The number of hydrogen-bond donors (Lipinski definition) is 2. The number of allylic oxidation sites excluding steroid dienone is 2. The second-order valence-electron chi connectivity index (χ2n) is 9.28.